The second-order valence-corrected chi connectivity index (χ2v) is 8.81. The summed E-state index contributed by atoms with van der Waals surface area (Å²) in [5.74, 6) is 2.24. The maximum atomic E-state index is 6.31. The summed E-state index contributed by atoms with van der Waals surface area (Å²) < 4.78 is 11.9. The summed E-state index contributed by atoms with van der Waals surface area (Å²) >= 11 is 6.31. The van der Waals surface area contributed by atoms with Gasteiger partial charge in [-0.3, -0.25) is 0 Å². The molecule has 0 spiro atoms. The van der Waals surface area contributed by atoms with E-state index >= 15 is 0 Å². The van der Waals surface area contributed by atoms with E-state index in [-0.39, 0.29) is 12.4 Å². The van der Waals surface area contributed by atoms with Gasteiger partial charge in [-0.05, 0) is 71.1 Å². The van der Waals surface area contributed by atoms with Crippen LogP contribution in [0.4, 0.5) is 0 Å². The predicted molar refractivity (Wildman–Crippen MR) is 158 cm³/mol. The molecule has 0 aliphatic rings. The van der Waals surface area contributed by atoms with Crippen molar-refractivity contribution in [3.05, 3.63) is 131 Å². The molecule has 0 saturated carbocycles. The first kappa shape index (κ1) is 28.3. The van der Waals surface area contributed by atoms with Crippen LogP contribution in [0.5, 0.6) is 11.5 Å². The fourth-order valence-corrected chi connectivity index (χ4v) is 4.30. The second kappa shape index (κ2) is 15.1. The molecule has 192 valence electrons. The highest BCUT2D eigenvalue weighted by atomic mass is 35.5. The van der Waals surface area contributed by atoms with Gasteiger partial charge in [-0.25, -0.2) is 0 Å². The molecular formula is C32H33Cl2NO2. The third kappa shape index (κ3) is 8.13. The quantitative estimate of drug-likeness (QED) is 0.114. The molecule has 0 unspecified atom stereocenters. The first-order valence-corrected chi connectivity index (χ1v) is 12.8. The summed E-state index contributed by atoms with van der Waals surface area (Å²) in [5, 5.41) is 3.10. The van der Waals surface area contributed by atoms with E-state index in [0.717, 1.165) is 41.2 Å². The molecule has 0 aliphatic carbocycles. The van der Waals surface area contributed by atoms with Gasteiger partial charge in [0.1, 0.15) is 24.7 Å². The zero-order valence-electron chi connectivity index (χ0n) is 21.0. The van der Waals surface area contributed by atoms with Gasteiger partial charge >= 0.3 is 0 Å². The molecule has 0 heterocycles. The van der Waals surface area contributed by atoms with Crippen LogP contribution in [0.3, 0.4) is 0 Å². The monoisotopic (exact) mass is 533 g/mol. The third-order valence-corrected chi connectivity index (χ3v) is 6.11. The molecule has 1 N–H and O–H groups in total. The van der Waals surface area contributed by atoms with Crippen LogP contribution in [-0.2, 0) is 6.61 Å². The van der Waals surface area contributed by atoms with Crippen LogP contribution in [0.15, 0.2) is 109 Å². The Kier molecular flexibility index (Phi) is 11.6. The highest BCUT2D eigenvalue weighted by molar-refractivity contribution is 6.18. The van der Waals surface area contributed by atoms with Gasteiger partial charge in [0.15, 0.2) is 0 Å². The lowest BCUT2D eigenvalue weighted by atomic mass is 9.88. The number of benzene rings is 4. The van der Waals surface area contributed by atoms with Gasteiger partial charge in [0.2, 0.25) is 0 Å². The largest absolute Gasteiger partial charge is 0.492 e. The van der Waals surface area contributed by atoms with Crippen molar-refractivity contribution in [1.29, 1.82) is 0 Å². The molecule has 0 radical (unpaired) electrons. The van der Waals surface area contributed by atoms with E-state index < -0.39 is 0 Å². The van der Waals surface area contributed by atoms with E-state index in [1.165, 1.54) is 16.7 Å². The number of likely N-dealkylation sites (N-methyl/N-ethyl adjacent to an activating group) is 1. The van der Waals surface area contributed by atoms with Gasteiger partial charge < -0.3 is 14.8 Å². The number of hydrogen-bond donors (Lipinski definition) is 1. The first-order chi connectivity index (χ1) is 17.8. The normalized spacial score (nSPS) is 11.3. The molecule has 0 amide bonds. The molecule has 4 aromatic carbocycles. The van der Waals surface area contributed by atoms with Gasteiger partial charge in [-0.15, -0.1) is 24.0 Å². The van der Waals surface area contributed by atoms with E-state index in [2.05, 4.69) is 66.0 Å². The Bertz CT molecular complexity index is 1230. The van der Waals surface area contributed by atoms with E-state index in [9.17, 15) is 0 Å². The molecule has 4 rings (SSSR count). The number of rotatable bonds is 12. The molecule has 37 heavy (non-hydrogen) atoms. The molecule has 5 heteroatoms. The lowest BCUT2D eigenvalue weighted by Crippen LogP contribution is -2.15. The van der Waals surface area contributed by atoms with Crippen molar-refractivity contribution in [3.63, 3.8) is 0 Å². The molecular weight excluding hydrogens is 501 g/mol. The average Bonchev–Trinajstić information content (AvgIpc) is 2.94. The van der Waals surface area contributed by atoms with Crippen molar-refractivity contribution in [2.24, 2.45) is 0 Å². The number of ether oxygens (including phenoxy) is 2. The Balaban J connectivity index is 0.00000380. The number of alkyl halides is 1. The van der Waals surface area contributed by atoms with Crippen molar-refractivity contribution in [1.82, 2.24) is 5.32 Å². The highest BCUT2D eigenvalue weighted by Crippen LogP contribution is 2.36. The van der Waals surface area contributed by atoms with Gasteiger partial charge in [0, 0.05) is 12.4 Å². The summed E-state index contributed by atoms with van der Waals surface area (Å²) in [4.78, 5) is 0. The van der Waals surface area contributed by atoms with Crippen LogP contribution in [0.25, 0.3) is 11.1 Å². The molecule has 0 aliphatic heterocycles. The van der Waals surface area contributed by atoms with Crippen molar-refractivity contribution >= 4 is 35.2 Å². The molecule has 0 saturated heterocycles. The summed E-state index contributed by atoms with van der Waals surface area (Å²) in [6.45, 7) is 1.98. The first-order valence-electron chi connectivity index (χ1n) is 12.3. The Hall–Kier alpha value is -3.24. The maximum Gasteiger partial charge on any atom is 0.119 e. The average molecular weight is 535 g/mol. The zero-order valence-corrected chi connectivity index (χ0v) is 22.6. The summed E-state index contributed by atoms with van der Waals surface area (Å²) in [7, 11) is 1.92. The van der Waals surface area contributed by atoms with Crippen LogP contribution in [0, 0.1) is 0 Å². The van der Waals surface area contributed by atoms with E-state index in [0.29, 0.717) is 19.1 Å². The van der Waals surface area contributed by atoms with E-state index in [1.807, 2.05) is 55.6 Å². The van der Waals surface area contributed by atoms with E-state index in [1.54, 1.807) is 0 Å². The highest BCUT2D eigenvalue weighted by Gasteiger charge is 2.14. The molecule has 0 atom stereocenters. The Labute approximate surface area is 231 Å². The van der Waals surface area contributed by atoms with Crippen LogP contribution in [-0.4, -0.2) is 26.1 Å². The van der Waals surface area contributed by atoms with Crippen molar-refractivity contribution in [3.8, 4) is 11.5 Å². The van der Waals surface area contributed by atoms with Gasteiger partial charge in [-0.1, -0.05) is 84.9 Å². The third-order valence-electron chi connectivity index (χ3n) is 5.92. The molecule has 0 bridgehead atoms. The molecule has 4 aromatic rings. The lowest BCUT2D eigenvalue weighted by molar-refractivity contribution is 0.306. The standard InChI is InChI=1S/C32H32ClNO2.ClH/c1-34-22-23-35-29-16-12-27(13-17-29)32(31(20-21-33)26-10-6-3-7-11-26)28-14-18-30(19-15-28)36-24-25-8-4-2-5-9-25;/h2-19,34H,20-24H2,1H3;1H. The Morgan fingerprint density at radius 1 is 0.676 bits per heavy atom. The van der Waals surface area contributed by atoms with Gasteiger partial charge in [0.25, 0.3) is 0 Å². The van der Waals surface area contributed by atoms with Gasteiger partial charge in [0.05, 0.1) is 0 Å². The van der Waals surface area contributed by atoms with Crippen LogP contribution in [0.1, 0.15) is 28.7 Å². The summed E-state index contributed by atoms with van der Waals surface area (Å²) in [5.41, 5.74) is 6.94. The smallest absolute Gasteiger partial charge is 0.119 e. The SMILES string of the molecule is CNCCOc1ccc(C(=C(CCCl)c2ccccc2)c2ccc(OCc3ccccc3)cc2)cc1.Cl. The van der Waals surface area contributed by atoms with Gasteiger partial charge in [-0.2, -0.15) is 0 Å². The number of hydrogen-bond acceptors (Lipinski definition) is 3. The summed E-state index contributed by atoms with van der Waals surface area (Å²) in [6.07, 6.45) is 0.758. The zero-order chi connectivity index (χ0) is 25.0. The number of halogens is 2. The Morgan fingerprint density at radius 3 is 1.76 bits per heavy atom. The van der Waals surface area contributed by atoms with Crippen LogP contribution < -0.4 is 14.8 Å². The Morgan fingerprint density at radius 2 is 1.22 bits per heavy atom. The lowest BCUT2D eigenvalue weighted by Gasteiger charge is -2.18. The fraction of sp³-hybridized carbons (Fsp3) is 0.188. The second-order valence-electron chi connectivity index (χ2n) is 8.43. The van der Waals surface area contributed by atoms with Crippen LogP contribution >= 0.6 is 24.0 Å². The minimum atomic E-state index is 0. The van der Waals surface area contributed by atoms with Crippen molar-refractivity contribution in [2.75, 3.05) is 26.1 Å². The number of nitrogens with one attached hydrogen (secondary N) is 1. The molecule has 3 nitrogen and oxygen atoms in total. The number of allylic oxidation sites excluding steroid dienone is 1. The minimum absolute atomic E-state index is 0. The fourth-order valence-electron chi connectivity index (χ4n) is 4.11. The minimum Gasteiger partial charge on any atom is -0.492 e. The topological polar surface area (TPSA) is 30.5 Å². The summed E-state index contributed by atoms with van der Waals surface area (Å²) in [6, 6.07) is 37.3. The maximum absolute atomic E-state index is 6.31. The van der Waals surface area contributed by atoms with Crippen molar-refractivity contribution < 1.29 is 9.47 Å². The van der Waals surface area contributed by atoms with Crippen LogP contribution in [0.2, 0.25) is 0 Å². The predicted octanol–water partition coefficient (Wildman–Crippen LogP) is 7.87. The van der Waals surface area contributed by atoms with E-state index in [4.69, 9.17) is 21.1 Å². The van der Waals surface area contributed by atoms with Crippen molar-refractivity contribution in [2.45, 2.75) is 13.0 Å². The molecule has 0 aromatic heterocycles. The molecule has 0 fully saturated rings.